The van der Waals surface area contributed by atoms with Gasteiger partial charge in [0.1, 0.15) is 0 Å². The third-order valence-electron chi connectivity index (χ3n) is 3.33. The maximum absolute atomic E-state index is 12.2. The molecule has 5 nitrogen and oxygen atoms in total. The molecule has 1 heterocycles. The average Bonchev–Trinajstić information content (AvgIpc) is 3.02. The van der Waals surface area contributed by atoms with Crippen LogP contribution in [0, 0.1) is 0 Å². The zero-order valence-corrected chi connectivity index (χ0v) is 15.7. The number of thiazole rings is 1. The Kier molecular flexibility index (Phi) is 5.88. The van der Waals surface area contributed by atoms with Crippen molar-refractivity contribution in [1.29, 1.82) is 0 Å². The fraction of sp³-hybridized carbons (Fsp3) is 0.0556. The molecule has 0 saturated carbocycles. The van der Waals surface area contributed by atoms with Gasteiger partial charge in [-0.15, -0.1) is 11.3 Å². The first kappa shape index (κ1) is 18.4. The van der Waals surface area contributed by atoms with Crippen LogP contribution in [0.1, 0.15) is 16.1 Å². The largest absolute Gasteiger partial charge is 0.326 e. The summed E-state index contributed by atoms with van der Waals surface area (Å²) >= 11 is 13.0. The average molecular weight is 406 g/mol. The van der Waals surface area contributed by atoms with Gasteiger partial charge < -0.3 is 5.32 Å². The van der Waals surface area contributed by atoms with E-state index in [1.165, 1.54) is 11.3 Å². The summed E-state index contributed by atoms with van der Waals surface area (Å²) in [4.78, 5) is 28.5. The molecule has 8 heteroatoms. The van der Waals surface area contributed by atoms with Gasteiger partial charge in [-0.2, -0.15) is 0 Å². The molecule has 0 atom stereocenters. The Bertz CT molecular complexity index is 942. The monoisotopic (exact) mass is 405 g/mol. The molecule has 0 bridgehead atoms. The number of hydrogen-bond donors (Lipinski definition) is 2. The summed E-state index contributed by atoms with van der Waals surface area (Å²) in [5.41, 5.74) is 1.67. The van der Waals surface area contributed by atoms with E-state index in [0.717, 1.165) is 0 Å². The van der Waals surface area contributed by atoms with E-state index in [9.17, 15) is 9.59 Å². The summed E-state index contributed by atoms with van der Waals surface area (Å²) < 4.78 is 0. The normalized spacial score (nSPS) is 10.4. The van der Waals surface area contributed by atoms with Gasteiger partial charge in [0, 0.05) is 26.7 Å². The Balaban J connectivity index is 1.58. The molecule has 0 saturated heterocycles. The molecule has 3 rings (SSSR count). The van der Waals surface area contributed by atoms with Gasteiger partial charge in [0.2, 0.25) is 5.91 Å². The van der Waals surface area contributed by atoms with Gasteiger partial charge in [0.05, 0.1) is 12.1 Å². The Morgan fingerprint density at radius 2 is 1.77 bits per heavy atom. The molecule has 2 N–H and O–H groups in total. The lowest BCUT2D eigenvalue weighted by atomic mass is 10.2. The van der Waals surface area contributed by atoms with Crippen molar-refractivity contribution in [2.24, 2.45) is 0 Å². The van der Waals surface area contributed by atoms with Crippen LogP contribution in [0.2, 0.25) is 10.0 Å². The van der Waals surface area contributed by atoms with Gasteiger partial charge in [0.25, 0.3) is 5.91 Å². The van der Waals surface area contributed by atoms with Crippen LogP contribution >= 0.6 is 34.5 Å². The quantitative estimate of drug-likeness (QED) is 0.634. The minimum atomic E-state index is -0.286. The number of benzene rings is 2. The Labute approximate surface area is 164 Å². The van der Waals surface area contributed by atoms with Gasteiger partial charge in [-0.1, -0.05) is 29.3 Å². The second-order valence-electron chi connectivity index (χ2n) is 5.34. The van der Waals surface area contributed by atoms with E-state index in [1.54, 1.807) is 53.9 Å². The van der Waals surface area contributed by atoms with Crippen molar-refractivity contribution in [3.05, 3.63) is 75.2 Å². The Hall–Kier alpha value is -2.41. The second-order valence-corrected chi connectivity index (χ2v) is 7.07. The maximum atomic E-state index is 12.2. The SMILES string of the molecule is O=C(Cc1csc(NC(=O)c2ccc(Cl)cc2)n1)Nc1cccc(Cl)c1. The first-order valence-corrected chi connectivity index (χ1v) is 9.20. The molecule has 0 radical (unpaired) electrons. The summed E-state index contributed by atoms with van der Waals surface area (Å²) in [5, 5.41) is 8.72. The summed E-state index contributed by atoms with van der Waals surface area (Å²) in [5.74, 6) is -0.501. The molecule has 1 aromatic heterocycles. The molecule has 0 aliphatic carbocycles. The zero-order valence-electron chi connectivity index (χ0n) is 13.3. The van der Waals surface area contributed by atoms with Crippen LogP contribution in [0.25, 0.3) is 0 Å². The number of halogens is 2. The lowest BCUT2D eigenvalue weighted by Crippen LogP contribution is -2.15. The lowest BCUT2D eigenvalue weighted by molar-refractivity contribution is -0.115. The highest BCUT2D eigenvalue weighted by molar-refractivity contribution is 7.14. The summed E-state index contributed by atoms with van der Waals surface area (Å²) in [6.45, 7) is 0. The Morgan fingerprint density at radius 1 is 1.00 bits per heavy atom. The minimum absolute atomic E-state index is 0.0971. The molecule has 0 unspecified atom stereocenters. The predicted molar refractivity (Wildman–Crippen MR) is 105 cm³/mol. The molecule has 0 fully saturated rings. The van der Waals surface area contributed by atoms with E-state index in [4.69, 9.17) is 23.2 Å². The van der Waals surface area contributed by atoms with Crippen molar-refractivity contribution in [1.82, 2.24) is 4.98 Å². The zero-order chi connectivity index (χ0) is 18.5. The molecule has 2 aromatic carbocycles. The van der Waals surface area contributed by atoms with Gasteiger partial charge in [-0.05, 0) is 42.5 Å². The van der Waals surface area contributed by atoms with Crippen LogP contribution in [0.5, 0.6) is 0 Å². The van der Waals surface area contributed by atoms with Crippen LogP contribution < -0.4 is 10.6 Å². The van der Waals surface area contributed by atoms with Gasteiger partial charge in [0.15, 0.2) is 5.13 Å². The molecule has 0 aliphatic rings. The van der Waals surface area contributed by atoms with Crippen LogP contribution in [0.3, 0.4) is 0 Å². The highest BCUT2D eigenvalue weighted by atomic mass is 35.5. The van der Waals surface area contributed by atoms with E-state index in [2.05, 4.69) is 15.6 Å². The first-order valence-electron chi connectivity index (χ1n) is 7.56. The lowest BCUT2D eigenvalue weighted by Gasteiger charge is -2.04. The van der Waals surface area contributed by atoms with E-state index < -0.39 is 0 Å². The van der Waals surface area contributed by atoms with Crippen LogP contribution in [0.15, 0.2) is 53.9 Å². The smallest absolute Gasteiger partial charge is 0.257 e. The third kappa shape index (κ3) is 5.05. The molecular formula is C18H13Cl2N3O2S. The maximum Gasteiger partial charge on any atom is 0.257 e. The molecule has 3 aromatic rings. The first-order chi connectivity index (χ1) is 12.5. The van der Waals surface area contributed by atoms with E-state index >= 15 is 0 Å². The second kappa shape index (κ2) is 8.31. The fourth-order valence-corrected chi connectivity index (χ4v) is 3.17. The van der Waals surface area contributed by atoms with E-state index in [1.807, 2.05) is 0 Å². The number of carbonyl (C=O) groups excluding carboxylic acids is 2. The standard InChI is InChI=1S/C18H13Cl2N3O2S/c19-12-6-4-11(5-7-12)17(25)23-18-22-15(10-26-18)9-16(24)21-14-3-1-2-13(20)8-14/h1-8,10H,9H2,(H,21,24)(H,22,23,25). The number of amides is 2. The highest BCUT2D eigenvalue weighted by Crippen LogP contribution is 2.19. The Morgan fingerprint density at radius 3 is 2.50 bits per heavy atom. The number of nitrogens with zero attached hydrogens (tertiary/aromatic N) is 1. The van der Waals surface area contributed by atoms with Crippen molar-refractivity contribution in [2.75, 3.05) is 10.6 Å². The van der Waals surface area contributed by atoms with Crippen LogP contribution in [-0.4, -0.2) is 16.8 Å². The molecule has 0 spiro atoms. The number of nitrogens with one attached hydrogen (secondary N) is 2. The minimum Gasteiger partial charge on any atom is -0.326 e. The van der Waals surface area contributed by atoms with E-state index in [0.29, 0.717) is 32.1 Å². The summed E-state index contributed by atoms with van der Waals surface area (Å²) in [7, 11) is 0. The molecule has 132 valence electrons. The third-order valence-corrected chi connectivity index (χ3v) is 4.62. The molecule has 2 amide bonds. The summed E-state index contributed by atoms with van der Waals surface area (Å²) in [6, 6.07) is 13.4. The number of hydrogen-bond acceptors (Lipinski definition) is 4. The molecule has 0 aliphatic heterocycles. The number of carbonyl (C=O) groups is 2. The van der Waals surface area contributed by atoms with Crippen LogP contribution in [0.4, 0.5) is 10.8 Å². The number of rotatable bonds is 5. The molecular weight excluding hydrogens is 393 g/mol. The van der Waals surface area contributed by atoms with Crippen molar-refractivity contribution < 1.29 is 9.59 Å². The van der Waals surface area contributed by atoms with Crippen molar-refractivity contribution in [2.45, 2.75) is 6.42 Å². The fourth-order valence-electron chi connectivity index (χ4n) is 2.15. The molecule has 26 heavy (non-hydrogen) atoms. The van der Waals surface area contributed by atoms with Crippen LogP contribution in [-0.2, 0) is 11.2 Å². The number of aromatic nitrogens is 1. The van der Waals surface area contributed by atoms with Crippen molar-refractivity contribution in [3.8, 4) is 0 Å². The van der Waals surface area contributed by atoms with Crippen molar-refractivity contribution >= 4 is 57.2 Å². The predicted octanol–water partition coefficient (Wildman–Crippen LogP) is 4.88. The van der Waals surface area contributed by atoms with Crippen molar-refractivity contribution in [3.63, 3.8) is 0 Å². The highest BCUT2D eigenvalue weighted by Gasteiger charge is 2.11. The topological polar surface area (TPSA) is 71.1 Å². The van der Waals surface area contributed by atoms with Gasteiger partial charge in [-0.3, -0.25) is 14.9 Å². The van der Waals surface area contributed by atoms with Gasteiger partial charge in [-0.25, -0.2) is 4.98 Å². The van der Waals surface area contributed by atoms with Gasteiger partial charge >= 0.3 is 0 Å². The van der Waals surface area contributed by atoms with E-state index in [-0.39, 0.29) is 18.2 Å². The summed E-state index contributed by atoms with van der Waals surface area (Å²) in [6.07, 6.45) is 0.0971. The number of anilines is 2.